The number of carbonyl (C=O) groups is 2. The first kappa shape index (κ1) is 41.5. The van der Waals surface area contributed by atoms with Gasteiger partial charge in [0.1, 0.15) is 5.41 Å². The van der Waals surface area contributed by atoms with E-state index in [1.807, 2.05) is 0 Å². The van der Waals surface area contributed by atoms with Gasteiger partial charge >= 0.3 is 12.1 Å². The van der Waals surface area contributed by atoms with Gasteiger partial charge in [-0.25, -0.2) is 20.8 Å². The van der Waals surface area contributed by atoms with Crippen LogP contribution >= 0.6 is 0 Å². The molecule has 0 unspecified atom stereocenters. The summed E-state index contributed by atoms with van der Waals surface area (Å²) in [4.78, 5) is 48.9. The van der Waals surface area contributed by atoms with Crippen LogP contribution in [0.1, 0.15) is 48.6 Å². The number of nitro groups is 2. The number of hydrogen-bond donors (Lipinski definition) is 2. The lowest BCUT2D eigenvalue weighted by atomic mass is 9.71. The molecule has 0 saturated carbocycles. The second-order valence-corrected chi connectivity index (χ2v) is 17.8. The predicted molar refractivity (Wildman–Crippen MR) is 210 cm³/mol. The van der Waals surface area contributed by atoms with Crippen LogP contribution in [0, 0.1) is 20.2 Å². The Hall–Kier alpha value is -6.61. The Morgan fingerprint density at radius 1 is 0.917 bits per heavy atom. The van der Waals surface area contributed by atoms with Crippen LogP contribution in [0.4, 0.5) is 30.2 Å². The molecule has 3 heterocycles. The molecule has 0 radical (unpaired) electrons. The Balaban J connectivity index is 1.56. The number of benzene rings is 4. The van der Waals surface area contributed by atoms with Crippen LogP contribution in [0.3, 0.4) is 0 Å². The van der Waals surface area contributed by atoms with Crippen LogP contribution in [0.2, 0.25) is 0 Å². The molecule has 7 rings (SSSR count). The van der Waals surface area contributed by atoms with Crippen LogP contribution in [0.5, 0.6) is 0 Å². The molecule has 16 nitrogen and oxygen atoms in total. The summed E-state index contributed by atoms with van der Waals surface area (Å²) < 4.78 is 103. The molecule has 2 aliphatic heterocycles. The van der Waals surface area contributed by atoms with Crippen LogP contribution in [0.15, 0.2) is 113 Å². The second kappa shape index (κ2) is 14.9. The van der Waals surface area contributed by atoms with Crippen molar-refractivity contribution in [2.45, 2.75) is 54.1 Å². The predicted octanol–water partition coefficient (Wildman–Crippen LogP) is 6.26. The summed E-state index contributed by atoms with van der Waals surface area (Å²) in [6.45, 7) is 2.61. The summed E-state index contributed by atoms with van der Waals surface area (Å²) in [6, 6.07) is 16.0. The molecule has 5 aromatic rings. The number of aromatic nitrogens is 1. The van der Waals surface area contributed by atoms with Crippen molar-refractivity contribution in [2.75, 3.05) is 17.8 Å². The van der Waals surface area contributed by atoms with E-state index in [4.69, 9.17) is 0 Å². The molecule has 60 heavy (non-hydrogen) atoms. The van der Waals surface area contributed by atoms with Gasteiger partial charge in [-0.3, -0.25) is 34.5 Å². The molecule has 0 spiro atoms. The Labute approximate surface area is 339 Å². The minimum absolute atomic E-state index is 0.01000. The zero-order chi connectivity index (χ0) is 43.5. The summed E-state index contributed by atoms with van der Waals surface area (Å²) >= 11 is 0. The van der Waals surface area contributed by atoms with Crippen LogP contribution in [-0.4, -0.2) is 66.6 Å². The van der Waals surface area contributed by atoms with Gasteiger partial charge < -0.3 is 10.2 Å². The highest BCUT2D eigenvalue weighted by atomic mass is 32.2. The van der Waals surface area contributed by atoms with Crippen molar-refractivity contribution in [2.24, 2.45) is 0 Å². The number of alkyl halides is 3. The van der Waals surface area contributed by atoms with E-state index >= 15 is 0 Å². The van der Waals surface area contributed by atoms with E-state index < -0.39 is 87.1 Å². The third kappa shape index (κ3) is 6.91. The standard InChI is InChI=1S/C39H33F3N6O10S2/c1-23(2)19-31-26-20-25(38(16-17-43-36(38)49)27-9-3-4-10-28(27)44-59(55,56)33-13-7-5-11-29(33)47(51)52)21-32-35(26)24(15-18-45(31)37(50)39(40,41)42)22-46(32)60(57,58)34-14-8-6-12-30(34)48(53)54/h3-14,19-22,31,44H,15-18H2,1-2H3,(H,43,49)/t31-,38+/m0/s1. The van der Waals surface area contributed by atoms with Gasteiger partial charge in [-0.2, -0.15) is 13.2 Å². The minimum atomic E-state index is -5.33. The fraction of sp³-hybridized carbons (Fsp3) is 0.231. The summed E-state index contributed by atoms with van der Waals surface area (Å²) in [5.41, 5.74) is -3.24. The Bertz CT molecular complexity index is 2910. The summed E-state index contributed by atoms with van der Waals surface area (Å²) in [7, 11) is -9.63. The molecule has 1 aromatic heterocycles. The molecule has 1 saturated heterocycles. The van der Waals surface area contributed by atoms with Crippen LogP contribution in [0.25, 0.3) is 10.9 Å². The maximum absolute atomic E-state index is 14.6. The number of rotatable bonds is 10. The summed E-state index contributed by atoms with van der Waals surface area (Å²) in [5.74, 6) is -2.90. The molecule has 1 fully saturated rings. The van der Waals surface area contributed by atoms with Crippen LogP contribution in [-0.2, 0) is 41.5 Å². The molecule has 4 aromatic carbocycles. The molecule has 2 N–H and O–H groups in total. The molecule has 2 aliphatic rings. The quantitative estimate of drug-likeness (QED) is 0.0912. The number of hydrogen-bond acceptors (Lipinski definition) is 10. The lowest BCUT2D eigenvalue weighted by molar-refractivity contribution is -0.388. The number of halogens is 3. The van der Waals surface area contributed by atoms with Gasteiger partial charge in [-0.15, -0.1) is 0 Å². The average molecular weight is 867 g/mol. The summed E-state index contributed by atoms with van der Waals surface area (Å²) in [5, 5.41) is 26.7. The molecule has 2 atom stereocenters. The molecule has 21 heteroatoms. The number of nitro benzene ring substituents is 2. The smallest absolute Gasteiger partial charge is 0.355 e. The van der Waals surface area contributed by atoms with E-state index in [1.54, 1.807) is 13.8 Å². The van der Waals surface area contributed by atoms with Gasteiger partial charge in [0.15, 0.2) is 9.79 Å². The first-order chi connectivity index (χ1) is 28.2. The van der Waals surface area contributed by atoms with Gasteiger partial charge in [0.05, 0.1) is 27.1 Å². The van der Waals surface area contributed by atoms with Crippen molar-refractivity contribution in [1.82, 2.24) is 14.2 Å². The number of nitrogens with zero attached hydrogens (tertiary/aromatic N) is 4. The van der Waals surface area contributed by atoms with Crippen molar-refractivity contribution in [3.05, 3.63) is 145 Å². The first-order valence-corrected chi connectivity index (χ1v) is 21.0. The third-order valence-corrected chi connectivity index (χ3v) is 13.6. The third-order valence-electron chi connectivity index (χ3n) is 10.5. The molecular weight excluding hydrogens is 834 g/mol. The number of anilines is 1. The topological polar surface area (TPSA) is 221 Å². The Kier molecular flexibility index (Phi) is 10.3. The van der Waals surface area contributed by atoms with Crippen molar-refractivity contribution in [3.63, 3.8) is 0 Å². The van der Waals surface area contributed by atoms with Gasteiger partial charge in [-0.05, 0) is 73.2 Å². The SMILES string of the molecule is CC(C)=C[C@H]1c2cc([C@@]3(c4ccccc4NS(=O)(=O)c4ccccc4[N+](=O)[O-])CCNC3=O)cc3c2c(cn3S(=O)(=O)c2ccccc2[N+](=O)[O-])CCN1C(=O)C(F)(F)F. The van der Waals surface area contributed by atoms with Crippen molar-refractivity contribution >= 4 is 59.8 Å². The van der Waals surface area contributed by atoms with Crippen LogP contribution < -0.4 is 10.0 Å². The van der Waals surface area contributed by atoms with E-state index in [0.717, 1.165) is 34.4 Å². The molecule has 312 valence electrons. The highest BCUT2D eigenvalue weighted by Gasteiger charge is 2.50. The molecule has 0 bridgehead atoms. The van der Waals surface area contributed by atoms with Crippen molar-refractivity contribution < 1.29 is 49.4 Å². The zero-order valence-corrected chi connectivity index (χ0v) is 33.1. The van der Waals surface area contributed by atoms with Gasteiger partial charge in [0.25, 0.3) is 31.4 Å². The Morgan fingerprint density at radius 2 is 1.52 bits per heavy atom. The lowest BCUT2D eigenvalue weighted by Crippen LogP contribution is -2.43. The molecular formula is C39H33F3N6O10S2. The maximum atomic E-state index is 14.6. The first-order valence-electron chi connectivity index (χ1n) is 18.0. The second-order valence-electron chi connectivity index (χ2n) is 14.4. The number of para-hydroxylation sites is 3. The van der Waals surface area contributed by atoms with E-state index in [0.29, 0.717) is 10.5 Å². The number of sulfonamides is 1. The van der Waals surface area contributed by atoms with E-state index in [2.05, 4.69) is 10.0 Å². The van der Waals surface area contributed by atoms with E-state index in [9.17, 15) is 59.8 Å². The number of nitrogens with one attached hydrogen (secondary N) is 2. The normalized spacial score (nSPS) is 18.1. The van der Waals surface area contributed by atoms with E-state index in [1.165, 1.54) is 66.7 Å². The fourth-order valence-electron chi connectivity index (χ4n) is 7.98. The number of amides is 2. The number of allylic oxidation sites excluding steroid dienone is 1. The monoisotopic (exact) mass is 866 g/mol. The molecule has 0 aliphatic carbocycles. The van der Waals surface area contributed by atoms with Gasteiger partial charge in [0.2, 0.25) is 5.91 Å². The summed E-state index contributed by atoms with van der Waals surface area (Å²) in [6.07, 6.45) is -3.21. The zero-order valence-electron chi connectivity index (χ0n) is 31.5. The van der Waals surface area contributed by atoms with Crippen molar-refractivity contribution in [1.29, 1.82) is 0 Å². The van der Waals surface area contributed by atoms with Gasteiger partial charge in [0, 0.05) is 36.8 Å². The lowest BCUT2D eigenvalue weighted by Gasteiger charge is -2.33. The largest absolute Gasteiger partial charge is 0.471 e. The van der Waals surface area contributed by atoms with Crippen molar-refractivity contribution in [3.8, 4) is 0 Å². The maximum Gasteiger partial charge on any atom is 0.471 e. The minimum Gasteiger partial charge on any atom is -0.355 e. The van der Waals surface area contributed by atoms with Gasteiger partial charge in [-0.1, -0.05) is 60.2 Å². The van der Waals surface area contributed by atoms with E-state index in [-0.39, 0.29) is 58.2 Å². The Morgan fingerprint density at radius 3 is 2.12 bits per heavy atom. The molecule has 2 amide bonds. The average Bonchev–Trinajstić information content (AvgIpc) is 3.73. The fourth-order valence-corrected chi connectivity index (χ4v) is 10.8. The number of carbonyl (C=O) groups excluding carboxylic acids is 2. The highest BCUT2D eigenvalue weighted by molar-refractivity contribution is 7.93. The highest BCUT2D eigenvalue weighted by Crippen LogP contribution is 2.48.